The van der Waals surface area contributed by atoms with Crippen molar-refractivity contribution in [3.63, 3.8) is 0 Å². The minimum absolute atomic E-state index is 0.0613. The van der Waals surface area contributed by atoms with Gasteiger partial charge in [0.1, 0.15) is 0 Å². The highest BCUT2D eigenvalue weighted by molar-refractivity contribution is 7.91. The summed E-state index contributed by atoms with van der Waals surface area (Å²) in [7, 11) is -3.01. The van der Waals surface area contributed by atoms with E-state index < -0.39 is 9.84 Å². The van der Waals surface area contributed by atoms with Gasteiger partial charge in [-0.2, -0.15) is 0 Å². The maximum absolute atomic E-state index is 11.9. The largest absolute Gasteiger partial charge is 0.343 e. The highest BCUT2D eigenvalue weighted by atomic mass is 35.5. The number of benzene rings is 1. The molecule has 20 heavy (non-hydrogen) atoms. The van der Waals surface area contributed by atoms with E-state index in [1.165, 1.54) is 0 Å². The molecule has 0 N–H and O–H groups in total. The Balaban J connectivity index is 2.07. The number of fused-ring (bicyclic) bond motifs is 1. The zero-order valence-corrected chi connectivity index (χ0v) is 13.4. The molecule has 1 aromatic carbocycles. The van der Waals surface area contributed by atoms with Gasteiger partial charge in [0.2, 0.25) is 0 Å². The van der Waals surface area contributed by atoms with Crippen LogP contribution in [-0.4, -0.2) is 48.6 Å². The van der Waals surface area contributed by atoms with E-state index in [2.05, 4.69) is 0 Å². The van der Waals surface area contributed by atoms with Gasteiger partial charge in [-0.25, -0.2) is 8.42 Å². The fourth-order valence-electron chi connectivity index (χ4n) is 3.08. The molecule has 0 saturated carbocycles. The number of rotatable bonds is 2. The molecule has 108 valence electrons. The lowest BCUT2D eigenvalue weighted by atomic mass is 10.1. The second kappa shape index (κ2) is 4.86. The topological polar surface area (TPSA) is 40.6 Å². The van der Waals surface area contributed by atoms with Crippen molar-refractivity contribution in [2.75, 3.05) is 23.0 Å². The Morgan fingerprint density at radius 1 is 1.30 bits per heavy atom. The number of para-hydroxylation sites is 1. The Labute approximate surface area is 129 Å². The molecule has 1 aromatic rings. The molecule has 0 radical (unpaired) electrons. The number of halogens is 1. The van der Waals surface area contributed by atoms with E-state index in [4.69, 9.17) is 23.8 Å². The Hall–Kier alpha value is -0.850. The van der Waals surface area contributed by atoms with E-state index in [1.54, 1.807) is 6.07 Å². The summed E-state index contributed by atoms with van der Waals surface area (Å²) >= 11 is 11.8. The summed E-state index contributed by atoms with van der Waals surface area (Å²) in [5, 5.41) is 1.27. The van der Waals surface area contributed by atoms with Crippen LogP contribution in [0.4, 0.5) is 5.69 Å². The van der Waals surface area contributed by atoms with Crippen LogP contribution in [0.15, 0.2) is 24.3 Å². The lowest BCUT2D eigenvalue weighted by Gasteiger charge is -2.25. The van der Waals surface area contributed by atoms with Gasteiger partial charge >= 0.3 is 0 Å². The summed E-state index contributed by atoms with van der Waals surface area (Å²) < 4.78 is 23.9. The van der Waals surface area contributed by atoms with E-state index in [-0.39, 0.29) is 23.6 Å². The van der Waals surface area contributed by atoms with Gasteiger partial charge in [0.25, 0.3) is 0 Å². The van der Waals surface area contributed by atoms with Gasteiger partial charge in [-0.1, -0.05) is 23.7 Å². The first kappa shape index (κ1) is 14.1. The molecule has 7 heteroatoms. The second-order valence-corrected chi connectivity index (χ2v) is 8.03. The van der Waals surface area contributed by atoms with Crippen molar-refractivity contribution < 1.29 is 8.42 Å². The summed E-state index contributed by atoms with van der Waals surface area (Å²) in [5.74, 6) is 0.312. The first-order valence-corrected chi connectivity index (χ1v) is 9.10. The van der Waals surface area contributed by atoms with Gasteiger partial charge in [0, 0.05) is 6.54 Å². The van der Waals surface area contributed by atoms with Gasteiger partial charge in [-0.15, -0.1) is 0 Å². The average molecular weight is 331 g/mol. The molecule has 2 heterocycles. The van der Waals surface area contributed by atoms with Gasteiger partial charge in [0.05, 0.1) is 34.3 Å². The number of nitrogens with zero attached hydrogens (tertiary/aromatic N) is 2. The Bertz CT molecular complexity index is 662. The van der Waals surface area contributed by atoms with Gasteiger partial charge in [0.15, 0.2) is 14.9 Å². The van der Waals surface area contributed by atoms with Crippen LogP contribution in [0, 0.1) is 0 Å². The third kappa shape index (κ3) is 2.10. The Morgan fingerprint density at radius 2 is 1.95 bits per heavy atom. The van der Waals surface area contributed by atoms with Crippen molar-refractivity contribution in [1.29, 1.82) is 0 Å². The normalized spacial score (nSPS) is 28.0. The van der Waals surface area contributed by atoms with Gasteiger partial charge in [-0.3, -0.25) is 0 Å². The van der Waals surface area contributed by atoms with Gasteiger partial charge in [-0.05, 0) is 31.3 Å². The summed E-state index contributed by atoms with van der Waals surface area (Å²) in [6, 6.07) is 7.23. The fraction of sp³-hybridized carbons (Fsp3) is 0.462. The first-order valence-electron chi connectivity index (χ1n) is 6.49. The van der Waals surface area contributed by atoms with E-state index in [9.17, 15) is 8.42 Å². The zero-order chi connectivity index (χ0) is 14.5. The van der Waals surface area contributed by atoms with E-state index in [1.807, 2.05) is 34.9 Å². The average Bonchev–Trinajstić information content (AvgIpc) is 2.80. The number of thiocarbonyl (C=S) groups is 1. The molecular weight excluding hydrogens is 316 g/mol. The SMILES string of the molecule is CCN1C(=S)N(c2ccccc2Cl)[C@H]2CS(=O)(=O)C[C@H]21. The van der Waals surface area contributed by atoms with Crippen LogP contribution >= 0.6 is 23.8 Å². The summed E-state index contributed by atoms with van der Waals surface area (Å²) in [4.78, 5) is 3.91. The van der Waals surface area contributed by atoms with Crippen LogP contribution in [0.5, 0.6) is 0 Å². The Kier molecular flexibility index (Phi) is 3.43. The molecular formula is C13H15ClN2O2S2. The maximum atomic E-state index is 11.9. The second-order valence-electron chi connectivity index (χ2n) is 5.10. The molecule has 2 fully saturated rings. The van der Waals surface area contributed by atoms with Crippen LogP contribution in [0.2, 0.25) is 5.02 Å². The Morgan fingerprint density at radius 3 is 2.60 bits per heavy atom. The van der Waals surface area contributed by atoms with Crippen molar-refractivity contribution in [2.45, 2.75) is 19.0 Å². The van der Waals surface area contributed by atoms with Crippen molar-refractivity contribution in [2.24, 2.45) is 0 Å². The lowest BCUT2D eigenvalue weighted by molar-refractivity contribution is 0.373. The van der Waals surface area contributed by atoms with Crippen molar-refractivity contribution in [3.05, 3.63) is 29.3 Å². The van der Waals surface area contributed by atoms with Crippen molar-refractivity contribution in [1.82, 2.24) is 4.90 Å². The zero-order valence-electron chi connectivity index (χ0n) is 11.0. The number of anilines is 1. The molecule has 0 spiro atoms. The molecule has 0 unspecified atom stereocenters. The smallest absolute Gasteiger partial charge is 0.176 e. The van der Waals surface area contributed by atoms with E-state index >= 15 is 0 Å². The predicted molar refractivity (Wildman–Crippen MR) is 85.1 cm³/mol. The number of hydrogen-bond donors (Lipinski definition) is 0. The summed E-state index contributed by atoms with van der Waals surface area (Å²) in [6.07, 6.45) is 0. The molecule has 0 amide bonds. The van der Waals surface area contributed by atoms with Crippen LogP contribution in [0.3, 0.4) is 0 Å². The molecule has 0 bridgehead atoms. The van der Waals surface area contributed by atoms with Crippen molar-refractivity contribution >= 4 is 44.5 Å². The molecule has 3 rings (SSSR count). The minimum atomic E-state index is -3.01. The molecule has 2 aliphatic rings. The van der Waals surface area contributed by atoms with Crippen LogP contribution in [0.1, 0.15) is 6.92 Å². The van der Waals surface area contributed by atoms with Crippen LogP contribution < -0.4 is 4.90 Å². The summed E-state index contributed by atoms with van der Waals surface area (Å²) in [5.41, 5.74) is 0.794. The molecule has 0 aromatic heterocycles. The molecule has 4 nitrogen and oxygen atoms in total. The third-order valence-electron chi connectivity index (χ3n) is 3.93. The standard InChI is InChI=1S/C13H15ClN2O2S2/c1-2-15-11-7-20(17,18)8-12(11)16(13(15)19)10-6-4-3-5-9(10)14/h3-6,11-12H,2,7-8H2,1H3/t11-,12+/m1/s1. The monoisotopic (exact) mass is 330 g/mol. The van der Waals surface area contributed by atoms with Crippen LogP contribution in [0.25, 0.3) is 0 Å². The molecule has 2 saturated heterocycles. The maximum Gasteiger partial charge on any atom is 0.176 e. The van der Waals surface area contributed by atoms with Crippen LogP contribution in [-0.2, 0) is 9.84 Å². The molecule has 2 aliphatic heterocycles. The highest BCUT2D eigenvalue weighted by Crippen LogP contribution is 2.37. The van der Waals surface area contributed by atoms with E-state index in [0.717, 1.165) is 5.69 Å². The lowest BCUT2D eigenvalue weighted by Crippen LogP contribution is -2.37. The molecule has 0 aliphatic carbocycles. The third-order valence-corrected chi connectivity index (χ3v) is 6.38. The quantitative estimate of drug-likeness (QED) is 0.775. The first-order chi connectivity index (χ1) is 9.44. The number of likely N-dealkylation sites (N-methyl/N-ethyl adjacent to an activating group) is 1. The van der Waals surface area contributed by atoms with Gasteiger partial charge < -0.3 is 9.80 Å². The number of sulfone groups is 1. The fourth-order valence-corrected chi connectivity index (χ4v) is 5.75. The molecule has 2 atom stereocenters. The summed E-state index contributed by atoms with van der Waals surface area (Å²) in [6.45, 7) is 2.70. The van der Waals surface area contributed by atoms with Crippen molar-refractivity contribution in [3.8, 4) is 0 Å². The number of hydrogen-bond acceptors (Lipinski definition) is 3. The minimum Gasteiger partial charge on any atom is -0.343 e. The predicted octanol–water partition coefficient (Wildman–Crippen LogP) is 1.93. The highest BCUT2D eigenvalue weighted by Gasteiger charge is 2.51. The van der Waals surface area contributed by atoms with E-state index in [0.29, 0.717) is 16.7 Å².